The summed E-state index contributed by atoms with van der Waals surface area (Å²) in [6.45, 7) is 5.42. The first-order chi connectivity index (χ1) is 7.86. The van der Waals surface area contributed by atoms with Crippen LogP contribution in [0.25, 0.3) is 11.0 Å². The lowest BCUT2D eigenvalue weighted by atomic mass is 10.2. The van der Waals surface area contributed by atoms with E-state index in [1.54, 1.807) is 6.33 Å². The van der Waals surface area contributed by atoms with Crippen LogP contribution in [0.4, 0.5) is 5.82 Å². The van der Waals surface area contributed by atoms with E-state index in [1.807, 2.05) is 6.20 Å². The van der Waals surface area contributed by atoms with Gasteiger partial charge in [-0.25, -0.2) is 9.97 Å². The van der Waals surface area contributed by atoms with Crippen LogP contribution in [0.2, 0.25) is 0 Å². The van der Waals surface area contributed by atoms with Crippen LogP contribution in [0.3, 0.4) is 0 Å². The number of nitrogens with zero attached hydrogens (tertiary/aromatic N) is 3. The highest BCUT2D eigenvalue weighted by atomic mass is 16.5. The van der Waals surface area contributed by atoms with Crippen molar-refractivity contribution in [3.05, 3.63) is 18.1 Å². The van der Waals surface area contributed by atoms with Gasteiger partial charge in [0, 0.05) is 19.3 Å². The Labute approximate surface area is 93.5 Å². The summed E-state index contributed by atoms with van der Waals surface area (Å²) in [4.78, 5) is 14.1. The number of aromatic nitrogens is 3. The molecule has 0 radical (unpaired) electrons. The van der Waals surface area contributed by atoms with Crippen LogP contribution in [-0.2, 0) is 4.74 Å². The molecule has 5 nitrogen and oxygen atoms in total. The molecule has 0 amide bonds. The number of aryl methyl sites for hydroxylation is 1. The first kappa shape index (κ1) is 9.59. The SMILES string of the molecule is Cc1c[nH]c2ncnc(N3CCOCC3)c12. The molecule has 1 aliphatic rings. The van der Waals surface area contributed by atoms with Crippen LogP contribution >= 0.6 is 0 Å². The van der Waals surface area contributed by atoms with Crippen molar-refractivity contribution in [3.63, 3.8) is 0 Å². The van der Waals surface area contributed by atoms with Gasteiger partial charge >= 0.3 is 0 Å². The highest BCUT2D eigenvalue weighted by Gasteiger charge is 2.17. The molecule has 1 saturated heterocycles. The summed E-state index contributed by atoms with van der Waals surface area (Å²) < 4.78 is 5.35. The summed E-state index contributed by atoms with van der Waals surface area (Å²) >= 11 is 0. The smallest absolute Gasteiger partial charge is 0.143 e. The van der Waals surface area contributed by atoms with E-state index in [2.05, 4.69) is 26.8 Å². The zero-order chi connectivity index (χ0) is 11.0. The molecule has 0 saturated carbocycles. The van der Waals surface area contributed by atoms with Gasteiger partial charge in [0.05, 0.1) is 18.6 Å². The number of rotatable bonds is 1. The maximum absolute atomic E-state index is 5.35. The lowest BCUT2D eigenvalue weighted by Crippen LogP contribution is -2.36. The summed E-state index contributed by atoms with van der Waals surface area (Å²) in [5.41, 5.74) is 2.10. The number of H-pyrrole nitrogens is 1. The van der Waals surface area contributed by atoms with Crippen molar-refractivity contribution in [1.82, 2.24) is 15.0 Å². The van der Waals surface area contributed by atoms with E-state index < -0.39 is 0 Å². The van der Waals surface area contributed by atoms with Gasteiger partial charge in [-0.1, -0.05) is 0 Å². The molecule has 1 fully saturated rings. The van der Waals surface area contributed by atoms with Crippen molar-refractivity contribution in [2.45, 2.75) is 6.92 Å². The van der Waals surface area contributed by atoms with Gasteiger partial charge in [0.25, 0.3) is 0 Å². The third-order valence-electron chi connectivity index (χ3n) is 2.96. The van der Waals surface area contributed by atoms with Gasteiger partial charge in [-0.2, -0.15) is 0 Å². The molecule has 2 aromatic rings. The van der Waals surface area contributed by atoms with Crippen molar-refractivity contribution >= 4 is 16.9 Å². The number of hydrogen-bond donors (Lipinski definition) is 1. The third-order valence-corrected chi connectivity index (χ3v) is 2.96. The van der Waals surface area contributed by atoms with Gasteiger partial charge in [-0.05, 0) is 12.5 Å². The van der Waals surface area contributed by atoms with E-state index in [-0.39, 0.29) is 0 Å². The Bertz CT molecular complexity index is 502. The zero-order valence-electron chi connectivity index (χ0n) is 9.23. The second-order valence-electron chi connectivity index (χ2n) is 3.99. The normalized spacial score (nSPS) is 16.9. The van der Waals surface area contributed by atoms with E-state index in [9.17, 15) is 0 Å². The van der Waals surface area contributed by atoms with Gasteiger partial charge in [-0.15, -0.1) is 0 Å². The van der Waals surface area contributed by atoms with Gasteiger partial charge in [0.1, 0.15) is 17.8 Å². The predicted molar refractivity (Wildman–Crippen MR) is 61.7 cm³/mol. The molecule has 3 rings (SSSR count). The first-order valence-corrected chi connectivity index (χ1v) is 5.47. The second-order valence-corrected chi connectivity index (χ2v) is 3.99. The van der Waals surface area contributed by atoms with E-state index in [1.165, 1.54) is 5.56 Å². The Kier molecular flexibility index (Phi) is 2.25. The van der Waals surface area contributed by atoms with Crippen molar-refractivity contribution in [2.24, 2.45) is 0 Å². The second kappa shape index (κ2) is 3.75. The summed E-state index contributed by atoms with van der Waals surface area (Å²) in [6.07, 6.45) is 3.59. The molecule has 0 unspecified atom stereocenters. The number of anilines is 1. The maximum Gasteiger partial charge on any atom is 0.143 e. The van der Waals surface area contributed by atoms with Gasteiger partial charge < -0.3 is 14.6 Å². The fraction of sp³-hybridized carbons (Fsp3) is 0.455. The average Bonchev–Trinajstić information content (AvgIpc) is 2.73. The minimum Gasteiger partial charge on any atom is -0.378 e. The minimum atomic E-state index is 0.773. The largest absolute Gasteiger partial charge is 0.378 e. The van der Waals surface area contributed by atoms with Crippen molar-refractivity contribution in [2.75, 3.05) is 31.2 Å². The molecule has 0 spiro atoms. The number of fused-ring (bicyclic) bond motifs is 1. The van der Waals surface area contributed by atoms with Crippen molar-refractivity contribution < 1.29 is 4.74 Å². The van der Waals surface area contributed by atoms with Crippen LogP contribution in [-0.4, -0.2) is 41.3 Å². The van der Waals surface area contributed by atoms with Crippen LogP contribution in [0.5, 0.6) is 0 Å². The standard InChI is InChI=1S/C11H14N4O/c1-8-6-12-10-9(8)11(14-7-13-10)15-2-4-16-5-3-15/h6-7H,2-5H2,1H3,(H,12,13,14). The Hall–Kier alpha value is -1.62. The van der Waals surface area contributed by atoms with Gasteiger partial charge in [0.15, 0.2) is 0 Å². The molecule has 2 aromatic heterocycles. The molecule has 3 heterocycles. The third kappa shape index (κ3) is 1.44. The van der Waals surface area contributed by atoms with E-state index in [0.717, 1.165) is 43.2 Å². The molecule has 0 aliphatic carbocycles. The summed E-state index contributed by atoms with van der Waals surface area (Å²) in [5.74, 6) is 1.02. The fourth-order valence-corrected chi connectivity index (χ4v) is 2.11. The van der Waals surface area contributed by atoms with Crippen LogP contribution in [0.1, 0.15) is 5.56 Å². The molecule has 84 valence electrons. The quantitative estimate of drug-likeness (QED) is 0.778. The number of nitrogens with one attached hydrogen (secondary N) is 1. The van der Waals surface area contributed by atoms with E-state index in [4.69, 9.17) is 4.74 Å². The predicted octanol–water partition coefficient (Wildman–Crippen LogP) is 1.10. The van der Waals surface area contributed by atoms with Crippen molar-refractivity contribution in [3.8, 4) is 0 Å². The Balaban J connectivity index is 2.10. The fourth-order valence-electron chi connectivity index (χ4n) is 2.11. The highest BCUT2D eigenvalue weighted by molar-refractivity contribution is 5.90. The maximum atomic E-state index is 5.35. The minimum absolute atomic E-state index is 0.773. The number of ether oxygens (including phenoxy) is 1. The Morgan fingerprint density at radius 2 is 2.12 bits per heavy atom. The zero-order valence-corrected chi connectivity index (χ0v) is 9.23. The Morgan fingerprint density at radius 3 is 2.94 bits per heavy atom. The van der Waals surface area contributed by atoms with Gasteiger partial charge in [-0.3, -0.25) is 0 Å². The topological polar surface area (TPSA) is 54.0 Å². The summed E-state index contributed by atoms with van der Waals surface area (Å²) in [6, 6.07) is 0. The van der Waals surface area contributed by atoms with E-state index in [0.29, 0.717) is 0 Å². The lowest BCUT2D eigenvalue weighted by molar-refractivity contribution is 0.122. The van der Waals surface area contributed by atoms with E-state index >= 15 is 0 Å². The monoisotopic (exact) mass is 218 g/mol. The highest BCUT2D eigenvalue weighted by Crippen LogP contribution is 2.25. The molecule has 5 heteroatoms. The van der Waals surface area contributed by atoms with Crippen LogP contribution in [0, 0.1) is 6.92 Å². The molecule has 0 atom stereocenters. The number of aromatic amines is 1. The number of hydrogen-bond acceptors (Lipinski definition) is 4. The molecule has 1 aliphatic heterocycles. The number of morpholine rings is 1. The molecule has 1 N–H and O–H groups in total. The summed E-state index contributed by atoms with van der Waals surface area (Å²) in [5, 5.41) is 1.13. The Morgan fingerprint density at radius 1 is 1.31 bits per heavy atom. The van der Waals surface area contributed by atoms with Crippen LogP contribution < -0.4 is 4.90 Å². The van der Waals surface area contributed by atoms with Crippen molar-refractivity contribution in [1.29, 1.82) is 0 Å². The molecule has 0 aromatic carbocycles. The summed E-state index contributed by atoms with van der Waals surface area (Å²) in [7, 11) is 0. The van der Waals surface area contributed by atoms with Crippen LogP contribution in [0.15, 0.2) is 12.5 Å². The molecular formula is C11H14N4O. The molecule has 0 bridgehead atoms. The first-order valence-electron chi connectivity index (χ1n) is 5.47. The molecule has 16 heavy (non-hydrogen) atoms. The van der Waals surface area contributed by atoms with Gasteiger partial charge in [0.2, 0.25) is 0 Å². The molecular weight excluding hydrogens is 204 g/mol. The average molecular weight is 218 g/mol. The lowest BCUT2D eigenvalue weighted by Gasteiger charge is -2.28.